The Labute approximate surface area is 211 Å². The van der Waals surface area contributed by atoms with E-state index in [-0.39, 0.29) is 5.91 Å². The van der Waals surface area contributed by atoms with Crippen LogP contribution in [0.1, 0.15) is 25.5 Å². The average Bonchev–Trinajstić information content (AvgIpc) is 3.29. The van der Waals surface area contributed by atoms with Crippen LogP contribution in [0.4, 0.5) is 19.0 Å². The second kappa shape index (κ2) is 13.0. The second-order valence-electron chi connectivity index (χ2n) is 8.29. The van der Waals surface area contributed by atoms with E-state index in [0.717, 1.165) is 54.0 Å². The van der Waals surface area contributed by atoms with Gasteiger partial charge in [0.05, 0.1) is 18.1 Å². The molecule has 0 radical (unpaired) electrons. The van der Waals surface area contributed by atoms with Crippen molar-refractivity contribution in [1.29, 1.82) is 0 Å². The Hall–Kier alpha value is -3.71. The second-order valence-corrected chi connectivity index (χ2v) is 8.29. The molecule has 13 heteroatoms. The lowest BCUT2D eigenvalue weighted by Gasteiger charge is -2.22. The highest BCUT2D eigenvalue weighted by Crippen LogP contribution is 2.26. The summed E-state index contributed by atoms with van der Waals surface area (Å²) in [5.74, 6) is -1.41. The first-order valence-corrected chi connectivity index (χ1v) is 11.7. The molecule has 4 rings (SSSR count). The fraction of sp³-hybridized carbons (Fsp3) is 0.417. The molecule has 200 valence electrons. The maximum absolute atomic E-state index is 11.1. The smallest absolute Gasteiger partial charge is 0.475 e. The van der Waals surface area contributed by atoms with Gasteiger partial charge in [-0.3, -0.25) is 4.79 Å². The highest BCUT2D eigenvalue weighted by atomic mass is 19.4. The van der Waals surface area contributed by atoms with Gasteiger partial charge in [0.25, 0.3) is 0 Å². The highest BCUT2D eigenvalue weighted by molar-refractivity contribution is 5.89. The number of hydrogen-bond acceptors (Lipinski definition) is 7. The molecule has 5 N–H and O–H groups in total. The molecular weight excluding hydrogens is 493 g/mol. The summed E-state index contributed by atoms with van der Waals surface area (Å²) < 4.78 is 37.8. The van der Waals surface area contributed by atoms with E-state index in [0.29, 0.717) is 31.6 Å². The van der Waals surface area contributed by atoms with Gasteiger partial charge < -0.3 is 30.8 Å². The SMILES string of the molecule is CC(=O)NCCNc1nc(-c2ccccc2)nc2[nH]c(COC3CCNCC3)cc12.O=C(O)C(F)(F)F. The number of carbonyl (C=O) groups is 2. The number of anilines is 1. The molecule has 1 aliphatic rings. The van der Waals surface area contributed by atoms with Gasteiger partial charge in [-0.1, -0.05) is 30.3 Å². The molecular formula is C24H29F3N6O4. The normalized spacial score (nSPS) is 14.1. The fourth-order valence-electron chi connectivity index (χ4n) is 3.58. The van der Waals surface area contributed by atoms with Gasteiger partial charge >= 0.3 is 12.1 Å². The first kappa shape index (κ1) is 27.9. The Balaban J connectivity index is 0.000000479. The third-order valence-electron chi connectivity index (χ3n) is 5.37. The third-order valence-corrected chi connectivity index (χ3v) is 5.37. The van der Waals surface area contributed by atoms with Crippen molar-refractivity contribution in [3.8, 4) is 11.4 Å². The zero-order chi connectivity index (χ0) is 26.8. The third kappa shape index (κ3) is 8.72. The number of aromatic nitrogens is 3. The van der Waals surface area contributed by atoms with Crippen LogP contribution in [-0.4, -0.2) is 70.4 Å². The summed E-state index contributed by atoms with van der Waals surface area (Å²) in [4.78, 5) is 32.9. The minimum absolute atomic E-state index is 0.0476. The predicted molar refractivity (Wildman–Crippen MR) is 131 cm³/mol. The summed E-state index contributed by atoms with van der Waals surface area (Å²) in [5, 5.41) is 17.5. The van der Waals surface area contributed by atoms with E-state index in [2.05, 4.69) is 20.9 Å². The van der Waals surface area contributed by atoms with Gasteiger partial charge in [-0.25, -0.2) is 14.8 Å². The Morgan fingerprint density at radius 1 is 1.14 bits per heavy atom. The number of rotatable bonds is 8. The Morgan fingerprint density at radius 3 is 2.43 bits per heavy atom. The van der Waals surface area contributed by atoms with Crippen LogP contribution >= 0.6 is 0 Å². The number of hydrogen-bond donors (Lipinski definition) is 5. The van der Waals surface area contributed by atoms with Crippen LogP contribution in [0.25, 0.3) is 22.4 Å². The van der Waals surface area contributed by atoms with Crippen molar-refractivity contribution in [1.82, 2.24) is 25.6 Å². The molecule has 3 aromatic rings. The summed E-state index contributed by atoms with van der Waals surface area (Å²) in [5.41, 5.74) is 2.70. The number of aliphatic carboxylic acids is 1. The van der Waals surface area contributed by atoms with E-state index < -0.39 is 12.1 Å². The van der Waals surface area contributed by atoms with E-state index in [1.54, 1.807) is 0 Å². The number of ether oxygens (including phenoxy) is 1. The van der Waals surface area contributed by atoms with Crippen LogP contribution in [0.15, 0.2) is 36.4 Å². The molecule has 1 saturated heterocycles. The Kier molecular flexibility index (Phi) is 9.80. The largest absolute Gasteiger partial charge is 0.490 e. The molecule has 37 heavy (non-hydrogen) atoms. The van der Waals surface area contributed by atoms with Crippen LogP contribution < -0.4 is 16.0 Å². The molecule has 1 amide bonds. The number of carboxylic acid groups (broad SMARTS) is 1. The number of fused-ring (bicyclic) bond motifs is 1. The van der Waals surface area contributed by atoms with Gasteiger partial charge in [-0.05, 0) is 32.0 Å². The van der Waals surface area contributed by atoms with Crippen LogP contribution in [0.5, 0.6) is 0 Å². The molecule has 0 atom stereocenters. The molecule has 0 saturated carbocycles. The summed E-state index contributed by atoms with van der Waals surface area (Å²) in [6, 6.07) is 11.9. The van der Waals surface area contributed by atoms with Crippen molar-refractivity contribution in [2.24, 2.45) is 0 Å². The summed E-state index contributed by atoms with van der Waals surface area (Å²) >= 11 is 0. The number of carbonyl (C=O) groups excluding carboxylic acids is 1. The van der Waals surface area contributed by atoms with Gasteiger partial charge in [0.2, 0.25) is 5.91 Å². The monoisotopic (exact) mass is 522 g/mol. The lowest BCUT2D eigenvalue weighted by atomic mass is 10.1. The minimum Gasteiger partial charge on any atom is -0.475 e. The first-order valence-electron chi connectivity index (χ1n) is 11.7. The minimum atomic E-state index is -5.08. The number of aromatic amines is 1. The van der Waals surface area contributed by atoms with Crippen molar-refractivity contribution in [2.45, 2.75) is 38.7 Å². The van der Waals surface area contributed by atoms with Gasteiger partial charge in [-0.15, -0.1) is 0 Å². The number of nitrogens with one attached hydrogen (secondary N) is 4. The summed E-state index contributed by atoms with van der Waals surface area (Å²) in [6.45, 7) is 5.14. The van der Waals surface area contributed by atoms with E-state index in [4.69, 9.17) is 24.6 Å². The number of H-pyrrole nitrogens is 1. The summed E-state index contributed by atoms with van der Waals surface area (Å²) in [6.07, 6.45) is -2.72. The maximum Gasteiger partial charge on any atom is 0.490 e. The van der Waals surface area contributed by atoms with Crippen molar-refractivity contribution in [3.63, 3.8) is 0 Å². The van der Waals surface area contributed by atoms with Crippen LogP contribution in [0.3, 0.4) is 0 Å². The van der Waals surface area contributed by atoms with Gasteiger partial charge in [0.15, 0.2) is 5.82 Å². The van der Waals surface area contributed by atoms with Crippen molar-refractivity contribution < 1.29 is 32.6 Å². The number of piperidine rings is 1. The lowest BCUT2D eigenvalue weighted by Crippen LogP contribution is -2.32. The molecule has 0 unspecified atom stereocenters. The van der Waals surface area contributed by atoms with Crippen LogP contribution in [0.2, 0.25) is 0 Å². The average molecular weight is 523 g/mol. The standard InChI is InChI=1S/C22H28N6O2.C2HF3O2/c1-15(29)24-11-12-25-21-19-13-17(14-30-18-7-9-23-10-8-18)26-22(19)28-20(27-21)16-5-3-2-4-6-16;3-2(4,5)1(6)7/h2-6,13,18,23H,7-12,14H2,1H3,(H,24,29)(H2,25,26,27,28);(H,6,7). The molecule has 1 aliphatic heterocycles. The molecule has 0 bridgehead atoms. The number of alkyl halides is 3. The highest BCUT2D eigenvalue weighted by Gasteiger charge is 2.38. The van der Waals surface area contributed by atoms with Crippen molar-refractivity contribution in [2.75, 3.05) is 31.5 Å². The van der Waals surface area contributed by atoms with E-state index in [1.165, 1.54) is 6.92 Å². The van der Waals surface area contributed by atoms with Gasteiger partial charge in [0, 0.05) is 31.3 Å². The van der Waals surface area contributed by atoms with E-state index >= 15 is 0 Å². The summed E-state index contributed by atoms with van der Waals surface area (Å²) in [7, 11) is 0. The molecule has 2 aromatic heterocycles. The zero-order valence-electron chi connectivity index (χ0n) is 20.2. The van der Waals surface area contributed by atoms with E-state index in [9.17, 15) is 18.0 Å². The van der Waals surface area contributed by atoms with Crippen LogP contribution in [0, 0.1) is 0 Å². The number of amides is 1. The Bertz CT molecular complexity index is 1180. The topological polar surface area (TPSA) is 141 Å². The molecule has 0 aliphatic carbocycles. The number of nitrogens with zero attached hydrogens (tertiary/aromatic N) is 2. The zero-order valence-corrected chi connectivity index (χ0v) is 20.2. The van der Waals surface area contributed by atoms with E-state index in [1.807, 2.05) is 36.4 Å². The molecule has 0 spiro atoms. The Morgan fingerprint density at radius 2 is 1.81 bits per heavy atom. The maximum atomic E-state index is 11.1. The first-order chi connectivity index (χ1) is 17.6. The van der Waals surface area contributed by atoms with Crippen molar-refractivity contribution >= 4 is 28.7 Å². The number of carboxylic acids is 1. The fourth-order valence-corrected chi connectivity index (χ4v) is 3.58. The molecule has 1 fully saturated rings. The lowest BCUT2D eigenvalue weighted by molar-refractivity contribution is -0.192. The van der Waals surface area contributed by atoms with Crippen LogP contribution in [-0.2, 0) is 20.9 Å². The molecule has 3 heterocycles. The molecule has 1 aromatic carbocycles. The van der Waals surface area contributed by atoms with Gasteiger partial charge in [-0.2, -0.15) is 13.2 Å². The van der Waals surface area contributed by atoms with Crippen molar-refractivity contribution in [3.05, 3.63) is 42.1 Å². The quantitative estimate of drug-likeness (QED) is 0.284. The number of benzene rings is 1. The number of halogens is 3. The van der Waals surface area contributed by atoms with Gasteiger partial charge in [0.1, 0.15) is 11.5 Å². The molecule has 10 nitrogen and oxygen atoms in total. The predicted octanol–water partition coefficient (Wildman–Crippen LogP) is 3.07.